The van der Waals surface area contributed by atoms with E-state index in [0.29, 0.717) is 87.7 Å². The highest BCUT2D eigenvalue weighted by atomic mass is 32.1. The molecule has 0 bridgehead atoms. The number of nitrogens with zero attached hydrogens (tertiary/aromatic N) is 20. The first-order chi connectivity index (χ1) is 53.2. The number of hydrogen-bond donors (Lipinski definition) is 4. The van der Waals surface area contributed by atoms with Crippen molar-refractivity contribution < 1.29 is 33.7 Å². The van der Waals surface area contributed by atoms with Gasteiger partial charge in [0.05, 0.1) is 78.6 Å². The molecule has 3 saturated heterocycles. The minimum atomic E-state index is -0.149. The lowest BCUT2D eigenvalue weighted by molar-refractivity contribution is 0.0969. The number of aliphatic hydroxyl groups excluding tert-OH is 1. The van der Waals surface area contributed by atoms with Gasteiger partial charge in [-0.1, -0.05) is 6.07 Å². The summed E-state index contributed by atoms with van der Waals surface area (Å²) >= 11 is 4.44. The number of aromatic nitrogens is 9. The van der Waals surface area contributed by atoms with E-state index in [4.69, 9.17) is 29.2 Å². The number of carbonyl (C=O) groups is 3. The molecule has 0 saturated carbocycles. The fourth-order valence-electron chi connectivity index (χ4n) is 14.8. The maximum atomic E-state index is 13.4. The molecule has 0 spiro atoms. The van der Waals surface area contributed by atoms with Gasteiger partial charge in [0, 0.05) is 122 Å². The van der Waals surface area contributed by atoms with Crippen molar-refractivity contribution in [3.8, 4) is 17.2 Å². The van der Waals surface area contributed by atoms with Crippen LogP contribution < -0.4 is 69.4 Å². The number of nitrogens with one attached hydrogen (secondary N) is 3. The number of benzene rings is 3. The molecule has 33 heteroatoms. The van der Waals surface area contributed by atoms with Crippen LogP contribution in [-0.4, -0.2) is 236 Å². The maximum Gasteiger partial charge on any atom is 0.280 e. The molecular weight excluding hydrogens is 1470 g/mol. The van der Waals surface area contributed by atoms with Crippen LogP contribution in [0.15, 0.2) is 67.1 Å². The number of piperidine rings is 1. The van der Waals surface area contributed by atoms with E-state index < -0.39 is 0 Å². The third-order valence-electron chi connectivity index (χ3n) is 20.7. The molecule has 12 heterocycles. The van der Waals surface area contributed by atoms with Crippen molar-refractivity contribution in [1.29, 1.82) is 0 Å². The summed E-state index contributed by atoms with van der Waals surface area (Å²) in [6.07, 6.45) is 7.41. The molecule has 6 aliphatic rings. The summed E-state index contributed by atoms with van der Waals surface area (Å²) in [4.78, 5) is 105. The third kappa shape index (κ3) is 16.3. The van der Waals surface area contributed by atoms with Gasteiger partial charge in [0.25, 0.3) is 17.7 Å². The molecule has 0 unspecified atom stereocenters. The molecular formula is C78H101N23O7S3. The van der Waals surface area contributed by atoms with Crippen LogP contribution in [0.5, 0.6) is 17.2 Å². The Kier molecular flexibility index (Phi) is 23.8. The van der Waals surface area contributed by atoms with Crippen LogP contribution in [0, 0.1) is 27.7 Å². The number of ether oxygens (including phenoxy) is 3. The molecule has 588 valence electrons. The van der Waals surface area contributed by atoms with E-state index in [1.165, 1.54) is 45.3 Å². The topological polar surface area (TPSA) is 287 Å². The zero-order valence-corrected chi connectivity index (χ0v) is 69.1. The Bertz CT molecular complexity index is 4890. The third-order valence-corrected chi connectivity index (χ3v) is 23.9. The summed E-state index contributed by atoms with van der Waals surface area (Å²) in [5, 5.41) is 24.0. The second-order valence-corrected chi connectivity index (χ2v) is 32.9. The van der Waals surface area contributed by atoms with Gasteiger partial charge in [0.1, 0.15) is 49.3 Å². The number of methoxy groups -OCH3 is 3. The molecule has 111 heavy (non-hydrogen) atoms. The molecule has 6 aliphatic heterocycles. The SMILES string of the molecule is COc1cc(C2CCN(C)CC2)ccc1Nc1ncc2c(n1)N(C)c1sc(C)nc1C(=O)N2C(C)C.COc1cc(N2CCN(C)CC2)c(C)cc1Nc1ncc2c(n1)N(C)c1sc(C)nc1C(=O)N2C(C)C.COc1cc(N2CCN(CCO)CC2)ccc1Nc1ncc2c(n1)N(C)c1sc(C)nc1C(=O)N2C(C)C. The monoisotopic (exact) mass is 1570 g/mol. The van der Waals surface area contributed by atoms with Gasteiger partial charge in [-0.05, 0) is 157 Å². The molecule has 0 atom stereocenters. The van der Waals surface area contributed by atoms with Gasteiger partial charge in [-0.25, -0.2) is 29.9 Å². The van der Waals surface area contributed by atoms with Crippen molar-refractivity contribution >= 4 is 148 Å². The summed E-state index contributed by atoms with van der Waals surface area (Å²) in [5.74, 6) is 5.49. The van der Waals surface area contributed by atoms with Gasteiger partial charge in [0.15, 0.2) is 34.5 Å². The Balaban J connectivity index is 0.000000146. The first-order valence-electron chi connectivity index (χ1n) is 37.6. The number of thiazole rings is 3. The Hall–Kier alpha value is -10.2. The lowest BCUT2D eigenvalue weighted by Crippen LogP contribution is -2.47. The van der Waals surface area contributed by atoms with Crippen LogP contribution >= 0.6 is 34.0 Å². The van der Waals surface area contributed by atoms with Crippen molar-refractivity contribution in [2.45, 2.75) is 106 Å². The van der Waals surface area contributed by atoms with E-state index in [1.807, 2.05) is 116 Å². The van der Waals surface area contributed by atoms with E-state index in [1.54, 1.807) is 54.6 Å². The Morgan fingerprint density at radius 1 is 0.459 bits per heavy atom. The second-order valence-electron chi connectivity index (χ2n) is 29.3. The van der Waals surface area contributed by atoms with Crippen LogP contribution in [0.4, 0.5) is 95.8 Å². The van der Waals surface area contributed by atoms with Gasteiger partial charge >= 0.3 is 0 Å². The highest BCUT2D eigenvalue weighted by molar-refractivity contribution is 7.17. The summed E-state index contributed by atoms with van der Waals surface area (Å²) in [7, 11) is 15.1. The lowest BCUT2D eigenvalue weighted by atomic mass is 9.89. The van der Waals surface area contributed by atoms with Crippen molar-refractivity contribution in [2.24, 2.45) is 0 Å². The Morgan fingerprint density at radius 3 is 1.26 bits per heavy atom. The normalized spacial score (nSPS) is 16.3. The van der Waals surface area contributed by atoms with Gasteiger partial charge in [-0.3, -0.25) is 34.0 Å². The number of likely N-dealkylation sites (tertiary alicyclic amines) is 1. The average molecular weight is 1570 g/mol. The number of β-amino-alcohol motifs (C(OH)–C–C–N with tert-alkyl or cyclic N) is 1. The minimum Gasteiger partial charge on any atom is -0.495 e. The number of rotatable bonds is 17. The summed E-state index contributed by atoms with van der Waals surface area (Å²) in [6.45, 7) is 30.5. The zero-order chi connectivity index (χ0) is 79.0. The van der Waals surface area contributed by atoms with E-state index in [9.17, 15) is 19.5 Å². The van der Waals surface area contributed by atoms with Crippen LogP contribution in [0.25, 0.3) is 0 Å². The summed E-state index contributed by atoms with van der Waals surface area (Å²) < 4.78 is 17.2. The Morgan fingerprint density at radius 2 is 0.847 bits per heavy atom. The molecule has 3 aromatic carbocycles. The number of anilines is 17. The van der Waals surface area contributed by atoms with E-state index in [0.717, 1.165) is 148 Å². The first-order valence-corrected chi connectivity index (χ1v) is 40.0. The zero-order valence-electron chi connectivity index (χ0n) is 66.6. The second kappa shape index (κ2) is 33.4. The molecule has 0 aliphatic carbocycles. The van der Waals surface area contributed by atoms with Crippen molar-refractivity contribution in [1.82, 2.24) is 59.6 Å². The molecule has 0 radical (unpaired) electrons. The van der Waals surface area contributed by atoms with E-state index in [2.05, 4.69) is 122 Å². The molecule has 3 amide bonds. The molecule has 3 fully saturated rings. The number of piperazine rings is 2. The minimum absolute atomic E-state index is 0.0766. The number of fused-ring (bicyclic) bond motifs is 6. The highest BCUT2D eigenvalue weighted by Crippen LogP contribution is 2.47. The summed E-state index contributed by atoms with van der Waals surface area (Å²) in [5.41, 5.74) is 10.3. The van der Waals surface area contributed by atoms with Crippen molar-refractivity contribution in [2.75, 3.05) is 190 Å². The quantitative estimate of drug-likeness (QED) is 0.0659. The number of likely N-dealkylation sites (N-methyl/N-ethyl adjacent to an activating group) is 1. The smallest absolute Gasteiger partial charge is 0.280 e. The summed E-state index contributed by atoms with van der Waals surface area (Å²) in [6, 6.07) is 16.3. The number of aryl methyl sites for hydroxylation is 4. The highest BCUT2D eigenvalue weighted by Gasteiger charge is 2.40. The van der Waals surface area contributed by atoms with Crippen molar-refractivity contribution in [3.05, 3.63) is 110 Å². The predicted molar refractivity (Wildman–Crippen MR) is 445 cm³/mol. The van der Waals surface area contributed by atoms with Crippen molar-refractivity contribution in [3.63, 3.8) is 0 Å². The van der Waals surface area contributed by atoms with E-state index in [-0.39, 0.29) is 42.5 Å². The largest absolute Gasteiger partial charge is 0.495 e. The van der Waals surface area contributed by atoms with Crippen LogP contribution in [-0.2, 0) is 0 Å². The maximum absolute atomic E-state index is 13.4. The Labute approximate surface area is 661 Å². The molecule has 4 N–H and O–H groups in total. The van der Waals surface area contributed by atoms with Gasteiger partial charge in [0.2, 0.25) is 17.8 Å². The average Bonchev–Trinajstić information content (AvgIpc) is 1.61. The van der Waals surface area contributed by atoms with Gasteiger partial charge in [-0.15, -0.1) is 34.0 Å². The fraction of sp³-hybridized carbons (Fsp3) is 0.462. The van der Waals surface area contributed by atoms with Crippen LogP contribution in [0.1, 0.15) is 118 Å². The predicted octanol–water partition coefficient (Wildman–Crippen LogP) is 12.4. The van der Waals surface area contributed by atoms with Crippen LogP contribution in [0.3, 0.4) is 0 Å². The fourth-order valence-corrected chi connectivity index (χ4v) is 17.4. The van der Waals surface area contributed by atoms with Gasteiger partial charge < -0.3 is 69.6 Å². The van der Waals surface area contributed by atoms with Crippen LogP contribution in [0.2, 0.25) is 0 Å². The molecule has 15 rings (SSSR count). The number of amides is 3. The van der Waals surface area contributed by atoms with E-state index >= 15 is 0 Å². The molecule has 9 aromatic rings. The number of carbonyl (C=O) groups excluding carboxylic acids is 3. The lowest BCUT2D eigenvalue weighted by Gasteiger charge is -2.36. The number of hydrogen-bond acceptors (Lipinski definition) is 30. The number of aliphatic hydroxyl groups is 1. The standard InChI is InChI=1S/C26H34N8O3S.C26H34N8O2S.C26H33N7O2S/c1-16(2)34-20-15-27-26(30-23(20)31(4)25-22(24(34)36)28-17(3)38-25)29-19-7-6-18(14-21(19)37-5)33-10-8-32(9-11-33)12-13-35;1-15(2)34-20-14-27-26(30-23(20)32(6)25-22(24(34)35)28-17(4)37-25)29-18-12-16(3)19(13-21(18)36-7)33-10-8-31(5)9-11-33;1-15(2)33-20-14-27-26(30-23(20)32(5)25-22(24(33)34)28-16(3)36-25)29-19-8-7-18(13-21(19)35-6)17-9-11-31(4)12-10-17/h6-7,14-16,35H,8-13H2,1-5H3,(H,27,29,30);12-15H,8-11H2,1-7H3,(H,27,29,30);7-8,13-15,17H,9-12H2,1-6H3,(H,27,29,30). The molecule has 6 aromatic heterocycles. The van der Waals surface area contributed by atoms with Gasteiger partial charge in [-0.2, -0.15) is 15.0 Å². The first kappa shape index (κ1) is 78.9. The molecule has 30 nitrogen and oxygen atoms in total.